The topological polar surface area (TPSA) is 82.5 Å². The number of methoxy groups -OCH3 is 2. The molecule has 4 rings (SSSR count). The van der Waals surface area contributed by atoms with Crippen molar-refractivity contribution in [1.29, 1.82) is 0 Å². The Morgan fingerprint density at radius 1 is 1.08 bits per heavy atom. The van der Waals surface area contributed by atoms with E-state index in [2.05, 4.69) is 16.9 Å². The molecule has 0 bridgehead atoms. The highest BCUT2D eigenvalue weighted by molar-refractivity contribution is 6.41. The minimum absolute atomic E-state index is 0.214. The fraction of sp³-hybridized carbons (Fsp3) is 0.179. The Morgan fingerprint density at radius 2 is 1.76 bits per heavy atom. The van der Waals surface area contributed by atoms with Crippen LogP contribution in [0.15, 0.2) is 60.0 Å². The summed E-state index contributed by atoms with van der Waals surface area (Å²) in [5.74, 6) is 0.376. The molecule has 0 aliphatic rings. The van der Waals surface area contributed by atoms with E-state index >= 15 is 0 Å². The first kappa shape index (κ1) is 26.3. The molecule has 9 heteroatoms. The fourth-order valence-corrected chi connectivity index (χ4v) is 4.91. The maximum atomic E-state index is 13.7. The average Bonchev–Trinajstić information content (AvgIpc) is 2.90. The van der Waals surface area contributed by atoms with Crippen LogP contribution in [0.1, 0.15) is 12.5 Å². The molecular formula is C28H25Cl2N3O4. The summed E-state index contributed by atoms with van der Waals surface area (Å²) < 4.78 is 12.4. The monoisotopic (exact) mass is 537 g/mol. The van der Waals surface area contributed by atoms with Crippen LogP contribution in [0, 0.1) is 6.92 Å². The SMILES string of the molecule is C=CC(=O)Nc1ccc(C)c(-c2cc3c(cn2)cc(-c2c(Cl)c(OC)cc(OC)c2Cl)c(=O)n3CC)c1. The Kier molecular flexibility index (Phi) is 7.57. The molecule has 2 heterocycles. The molecule has 0 saturated carbocycles. The van der Waals surface area contributed by atoms with Gasteiger partial charge in [-0.2, -0.15) is 0 Å². The summed E-state index contributed by atoms with van der Waals surface area (Å²) in [6.07, 6.45) is 2.91. The van der Waals surface area contributed by atoms with Crippen LogP contribution in [0.5, 0.6) is 11.5 Å². The van der Waals surface area contributed by atoms with E-state index in [0.717, 1.165) is 16.5 Å². The highest BCUT2D eigenvalue weighted by atomic mass is 35.5. The van der Waals surface area contributed by atoms with E-state index in [4.69, 9.17) is 32.7 Å². The summed E-state index contributed by atoms with van der Waals surface area (Å²) in [4.78, 5) is 30.2. The van der Waals surface area contributed by atoms with Gasteiger partial charge in [0.25, 0.3) is 5.56 Å². The van der Waals surface area contributed by atoms with Gasteiger partial charge in [-0.3, -0.25) is 14.6 Å². The van der Waals surface area contributed by atoms with Crippen molar-refractivity contribution in [3.05, 3.63) is 81.2 Å². The molecule has 190 valence electrons. The van der Waals surface area contributed by atoms with E-state index in [1.165, 1.54) is 20.3 Å². The molecule has 0 unspecified atom stereocenters. The lowest BCUT2D eigenvalue weighted by atomic mass is 10.0. The molecular weight excluding hydrogens is 513 g/mol. The number of benzene rings is 2. The van der Waals surface area contributed by atoms with Crippen LogP contribution < -0.4 is 20.3 Å². The molecule has 37 heavy (non-hydrogen) atoms. The minimum atomic E-state index is -0.305. The van der Waals surface area contributed by atoms with Gasteiger partial charge in [-0.25, -0.2) is 0 Å². The van der Waals surface area contributed by atoms with Crippen LogP contribution in [0.3, 0.4) is 0 Å². The number of nitrogens with zero attached hydrogens (tertiary/aromatic N) is 2. The number of aromatic nitrogens is 2. The van der Waals surface area contributed by atoms with Gasteiger partial charge in [-0.05, 0) is 49.8 Å². The third-order valence-corrected chi connectivity index (χ3v) is 6.85. The molecule has 4 aromatic rings. The first-order valence-electron chi connectivity index (χ1n) is 11.4. The highest BCUT2D eigenvalue weighted by Gasteiger charge is 2.23. The van der Waals surface area contributed by atoms with Gasteiger partial charge < -0.3 is 19.4 Å². The number of carbonyl (C=O) groups is 1. The molecule has 2 aromatic carbocycles. The third-order valence-electron chi connectivity index (χ3n) is 6.10. The molecule has 0 saturated heterocycles. The summed E-state index contributed by atoms with van der Waals surface area (Å²) in [5.41, 5.74) is 4.14. The van der Waals surface area contributed by atoms with Crippen molar-refractivity contribution >= 4 is 45.7 Å². The number of anilines is 1. The van der Waals surface area contributed by atoms with E-state index in [9.17, 15) is 9.59 Å². The molecule has 0 atom stereocenters. The van der Waals surface area contributed by atoms with Crippen molar-refractivity contribution in [3.63, 3.8) is 0 Å². The second-order valence-electron chi connectivity index (χ2n) is 8.24. The van der Waals surface area contributed by atoms with Gasteiger partial charge in [0.05, 0.1) is 41.0 Å². The van der Waals surface area contributed by atoms with E-state index in [1.807, 2.05) is 38.1 Å². The first-order valence-corrected chi connectivity index (χ1v) is 12.2. The van der Waals surface area contributed by atoms with Gasteiger partial charge in [0, 0.05) is 41.0 Å². The van der Waals surface area contributed by atoms with Gasteiger partial charge >= 0.3 is 0 Å². The number of ether oxygens (including phenoxy) is 2. The van der Waals surface area contributed by atoms with Gasteiger partial charge in [0.2, 0.25) is 5.91 Å². The Hall–Kier alpha value is -3.81. The van der Waals surface area contributed by atoms with Crippen molar-refractivity contribution in [3.8, 4) is 33.9 Å². The summed E-state index contributed by atoms with van der Waals surface area (Å²) in [7, 11) is 2.96. The first-order chi connectivity index (χ1) is 17.7. The number of fused-ring (bicyclic) bond motifs is 1. The van der Waals surface area contributed by atoms with Gasteiger partial charge in [-0.1, -0.05) is 35.8 Å². The van der Waals surface area contributed by atoms with Crippen molar-refractivity contribution in [2.24, 2.45) is 0 Å². The van der Waals surface area contributed by atoms with Crippen molar-refractivity contribution in [2.75, 3.05) is 19.5 Å². The van der Waals surface area contributed by atoms with E-state index in [-0.39, 0.29) is 21.5 Å². The van der Waals surface area contributed by atoms with Crippen LogP contribution in [0.4, 0.5) is 5.69 Å². The molecule has 0 aliphatic carbocycles. The fourth-order valence-electron chi connectivity index (χ4n) is 4.20. The third kappa shape index (κ3) is 4.80. The molecule has 1 N–H and O–H groups in total. The van der Waals surface area contributed by atoms with Gasteiger partial charge in [-0.15, -0.1) is 0 Å². The zero-order valence-electron chi connectivity index (χ0n) is 20.8. The normalized spacial score (nSPS) is 10.9. The number of halogens is 2. The zero-order valence-corrected chi connectivity index (χ0v) is 22.3. The number of rotatable bonds is 7. The Bertz CT molecular complexity index is 1580. The number of amides is 1. The van der Waals surface area contributed by atoms with Crippen LogP contribution in [0.2, 0.25) is 10.0 Å². The number of aryl methyl sites for hydroxylation is 2. The highest BCUT2D eigenvalue weighted by Crippen LogP contribution is 2.45. The molecule has 0 fully saturated rings. The molecule has 1 amide bonds. The summed E-state index contributed by atoms with van der Waals surface area (Å²) in [6, 6.07) is 10.7. The lowest BCUT2D eigenvalue weighted by Crippen LogP contribution is -2.21. The summed E-state index contributed by atoms with van der Waals surface area (Å²) in [5, 5.41) is 3.92. The summed E-state index contributed by atoms with van der Waals surface area (Å²) >= 11 is 13.2. The van der Waals surface area contributed by atoms with Crippen molar-refractivity contribution in [1.82, 2.24) is 9.55 Å². The van der Waals surface area contributed by atoms with Crippen molar-refractivity contribution < 1.29 is 14.3 Å². The van der Waals surface area contributed by atoms with E-state index in [1.54, 1.807) is 22.9 Å². The molecule has 0 aliphatic heterocycles. The largest absolute Gasteiger partial charge is 0.495 e. The Morgan fingerprint density at radius 3 is 2.35 bits per heavy atom. The number of nitrogens with one attached hydrogen (secondary N) is 1. The summed E-state index contributed by atoms with van der Waals surface area (Å²) in [6.45, 7) is 7.73. The van der Waals surface area contributed by atoms with Crippen LogP contribution in [0.25, 0.3) is 33.3 Å². The Labute approximate surface area is 224 Å². The molecule has 7 nitrogen and oxygen atoms in total. The molecule has 0 spiro atoms. The molecule has 0 radical (unpaired) electrons. The quantitative estimate of drug-likeness (QED) is 0.272. The average molecular weight is 538 g/mol. The minimum Gasteiger partial charge on any atom is -0.495 e. The van der Waals surface area contributed by atoms with Gasteiger partial charge in [0.15, 0.2) is 0 Å². The van der Waals surface area contributed by atoms with Gasteiger partial charge in [0.1, 0.15) is 11.5 Å². The number of carbonyl (C=O) groups excluding carboxylic acids is 1. The second-order valence-corrected chi connectivity index (χ2v) is 9.00. The maximum absolute atomic E-state index is 13.7. The number of pyridine rings is 2. The number of hydrogen-bond acceptors (Lipinski definition) is 5. The van der Waals surface area contributed by atoms with E-state index < -0.39 is 0 Å². The lowest BCUT2D eigenvalue weighted by molar-refractivity contribution is -0.111. The number of hydrogen-bond donors (Lipinski definition) is 1. The van der Waals surface area contributed by atoms with Crippen LogP contribution in [-0.2, 0) is 11.3 Å². The standard InChI is InChI=1S/C28H25Cl2N3O4/c1-6-24(34)32-17-9-8-15(3)18(11-17)20-12-21-16(14-31-20)10-19(28(35)33(21)7-2)25-26(29)22(36-4)13-23(37-5)27(25)30/h6,8-14H,1,7H2,2-5H3,(H,32,34). The van der Waals surface area contributed by atoms with Crippen LogP contribution in [-0.4, -0.2) is 29.7 Å². The molecule has 2 aromatic heterocycles. The van der Waals surface area contributed by atoms with Crippen LogP contribution >= 0.6 is 23.2 Å². The smallest absolute Gasteiger partial charge is 0.259 e. The predicted octanol–water partition coefficient (Wildman–Crippen LogP) is 6.51. The predicted molar refractivity (Wildman–Crippen MR) is 149 cm³/mol. The Balaban J connectivity index is 1.94. The zero-order chi connectivity index (χ0) is 26.9. The van der Waals surface area contributed by atoms with E-state index in [0.29, 0.717) is 46.1 Å². The van der Waals surface area contributed by atoms with Crippen molar-refractivity contribution in [2.45, 2.75) is 20.4 Å². The lowest BCUT2D eigenvalue weighted by Gasteiger charge is -2.17. The maximum Gasteiger partial charge on any atom is 0.259 e. The second kappa shape index (κ2) is 10.7.